The zero-order valence-electron chi connectivity index (χ0n) is 12.6. The zero-order valence-corrected chi connectivity index (χ0v) is 12.6. The molecule has 0 radical (unpaired) electrons. The van der Waals surface area contributed by atoms with Gasteiger partial charge in [-0.1, -0.05) is 50.1 Å². The van der Waals surface area contributed by atoms with Crippen molar-refractivity contribution in [3.05, 3.63) is 35.9 Å². The molecule has 1 atom stereocenters. The minimum atomic E-state index is -0.604. The smallest absolute Gasteiger partial charge is 0.145 e. The first kappa shape index (κ1) is 15.0. The van der Waals surface area contributed by atoms with Crippen LogP contribution in [-0.4, -0.2) is 31.1 Å². The van der Waals surface area contributed by atoms with Crippen LogP contribution in [0.15, 0.2) is 30.3 Å². The Bertz CT molecular complexity index is 445. The van der Waals surface area contributed by atoms with E-state index in [2.05, 4.69) is 30.3 Å². The van der Waals surface area contributed by atoms with Crippen LogP contribution in [0.25, 0.3) is 0 Å². The van der Waals surface area contributed by atoms with Crippen LogP contribution < -0.4 is 5.32 Å². The molecular formula is C17H25N3. The largest absolute Gasteiger partial charge is 0.300 e. The second-order valence-corrected chi connectivity index (χ2v) is 5.77. The molecule has 1 aliphatic rings. The van der Waals surface area contributed by atoms with Gasteiger partial charge in [-0.25, -0.2) is 0 Å². The Morgan fingerprint density at radius 2 is 1.95 bits per heavy atom. The van der Waals surface area contributed by atoms with Crippen LogP contribution in [0.5, 0.6) is 0 Å². The third-order valence-electron chi connectivity index (χ3n) is 4.37. The molecule has 2 rings (SSSR count). The highest BCUT2D eigenvalue weighted by Crippen LogP contribution is 2.27. The van der Waals surface area contributed by atoms with Gasteiger partial charge in [0.15, 0.2) is 0 Å². The fourth-order valence-electron chi connectivity index (χ4n) is 3.26. The summed E-state index contributed by atoms with van der Waals surface area (Å²) in [6.07, 6.45) is 5.17. The number of nitrogens with zero attached hydrogens (tertiary/aromatic N) is 2. The summed E-state index contributed by atoms with van der Waals surface area (Å²) >= 11 is 0. The van der Waals surface area contributed by atoms with Gasteiger partial charge in [0, 0.05) is 12.6 Å². The molecule has 0 bridgehead atoms. The highest BCUT2D eigenvalue weighted by molar-refractivity contribution is 5.32. The number of nitriles is 1. The molecule has 1 aromatic carbocycles. The average Bonchev–Trinajstić information content (AvgIpc) is 3.02. The lowest BCUT2D eigenvalue weighted by atomic mass is 9.90. The van der Waals surface area contributed by atoms with Crippen molar-refractivity contribution >= 4 is 0 Å². The molecule has 3 nitrogen and oxygen atoms in total. The summed E-state index contributed by atoms with van der Waals surface area (Å²) < 4.78 is 0. The number of benzene rings is 1. The molecule has 1 aromatic rings. The molecule has 1 saturated carbocycles. The van der Waals surface area contributed by atoms with Crippen molar-refractivity contribution in [1.82, 2.24) is 10.2 Å². The molecule has 1 fully saturated rings. The average molecular weight is 271 g/mol. The molecule has 0 aliphatic heterocycles. The van der Waals surface area contributed by atoms with Gasteiger partial charge in [0.1, 0.15) is 5.54 Å². The molecule has 0 heterocycles. The third kappa shape index (κ3) is 3.20. The maximum Gasteiger partial charge on any atom is 0.145 e. The van der Waals surface area contributed by atoms with Crippen molar-refractivity contribution in [2.24, 2.45) is 0 Å². The zero-order chi connectivity index (χ0) is 14.4. The number of nitrogens with one attached hydrogen (secondary N) is 1. The topological polar surface area (TPSA) is 39.1 Å². The molecule has 0 aromatic heterocycles. The summed E-state index contributed by atoms with van der Waals surface area (Å²) in [5.41, 5.74) is 0.460. The van der Waals surface area contributed by atoms with E-state index in [1.54, 1.807) is 0 Å². The summed E-state index contributed by atoms with van der Waals surface area (Å²) in [5, 5.41) is 13.2. The summed E-state index contributed by atoms with van der Waals surface area (Å²) in [5.74, 6) is 0. The van der Waals surface area contributed by atoms with Gasteiger partial charge in [0.25, 0.3) is 0 Å². The summed E-state index contributed by atoms with van der Waals surface area (Å²) in [6, 6.07) is 13.3. The Labute approximate surface area is 122 Å². The third-order valence-corrected chi connectivity index (χ3v) is 4.37. The van der Waals surface area contributed by atoms with Crippen molar-refractivity contribution in [3.8, 4) is 6.07 Å². The normalized spacial score (nSPS) is 18.9. The van der Waals surface area contributed by atoms with Crippen molar-refractivity contribution < 1.29 is 0 Å². The van der Waals surface area contributed by atoms with Gasteiger partial charge in [-0.2, -0.15) is 5.26 Å². The predicted molar refractivity (Wildman–Crippen MR) is 82.3 cm³/mol. The maximum atomic E-state index is 9.81. The first-order chi connectivity index (χ1) is 9.72. The van der Waals surface area contributed by atoms with Crippen LogP contribution in [0.2, 0.25) is 0 Å². The van der Waals surface area contributed by atoms with E-state index in [4.69, 9.17) is 0 Å². The Morgan fingerprint density at radius 1 is 1.30 bits per heavy atom. The standard InChI is InChI=1S/C17H25N3/c1-3-19-17(13-18,15-9-5-4-6-10-15)14-20(2)16-11-7-8-12-16/h4-6,9-10,16,19H,3,7-8,11-12,14H2,1-2H3. The first-order valence-electron chi connectivity index (χ1n) is 7.64. The SMILES string of the molecule is CCNC(C#N)(CN(C)C1CCCC1)c1ccccc1. The summed E-state index contributed by atoms with van der Waals surface area (Å²) in [6.45, 7) is 3.59. The van der Waals surface area contributed by atoms with Gasteiger partial charge in [-0.05, 0) is 32.0 Å². The van der Waals surface area contributed by atoms with Gasteiger partial charge >= 0.3 is 0 Å². The van der Waals surface area contributed by atoms with Crippen LogP contribution in [0.4, 0.5) is 0 Å². The highest BCUT2D eigenvalue weighted by atomic mass is 15.2. The fraction of sp³-hybridized carbons (Fsp3) is 0.588. The Balaban J connectivity index is 2.20. The fourth-order valence-corrected chi connectivity index (χ4v) is 3.26. The van der Waals surface area contributed by atoms with Crippen LogP contribution in [0, 0.1) is 11.3 Å². The van der Waals surface area contributed by atoms with E-state index >= 15 is 0 Å². The van der Waals surface area contributed by atoms with Gasteiger partial charge < -0.3 is 4.90 Å². The van der Waals surface area contributed by atoms with Crippen molar-refractivity contribution in [2.75, 3.05) is 20.1 Å². The van der Waals surface area contributed by atoms with Gasteiger partial charge in [0.2, 0.25) is 0 Å². The molecule has 0 saturated heterocycles. The number of likely N-dealkylation sites (N-methyl/N-ethyl adjacent to an activating group) is 2. The van der Waals surface area contributed by atoms with Gasteiger partial charge in [0.05, 0.1) is 6.07 Å². The van der Waals surface area contributed by atoms with Crippen LogP contribution in [0.1, 0.15) is 38.2 Å². The number of hydrogen-bond acceptors (Lipinski definition) is 3. The predicted octanol–water partition coefficient (Wildman–Crippen LogP) is 2.89. The molecule has 0 spiro atoms. The summed E-state index contributed by atoms with van der Waals surface area (Å²) in [7, 11) is 2.16. The van der Waals surface area contributed by atoms with Crippen LogP contribution >= 0.6 is 0 Å². The van der Waals surface area contributed by atoms with Crippen LogP contribution in [-0.2, 0) is 5.54 Å². The highest BCUT2D eigenvalue weighted by Gasteiger charge is 2.34. The monoisotopic (exact) mass is 271 g/mol. The lowest BCUT2D eigenvalue weighted by molar-refractivity contribution is 0.193. The minimum Gasteiger partial charge on any atom is -0.300 e. The molecule has 1 unspecified atom stereocenters. The maximum absolute atomic E-state index is 9.81. The number of hydrogen-bond donors (Lipinski definition) is 1. The molecule has 3 heteroatoms. The van der Waals surface area contributed by atoms with E-state index in [0.29, 0.717) is 6.04 Å². The van der Waals surface area contributed by atoms with E-state index in [-0.39, 0.29) is 0 Å². The lowest BCUT2D eigenvalue weighted by Crippen LogP contribution is -2.51. The van der Waals surface area contributed by atoms with Crippen molar-refractivity contribution in [1.29, 1.82) is 5.26 Å². The molecular weight excluding hydrogens is 246 g/mol. The Morgan fingerprint density at radius 3 is 2.50 bits per heavy atom. The quantitative estimate of drug-likeness (QED) is 0.864. The second kappa shape index (κ2) is 6.88. The summed E-state index contributed by atoms with van der Waals surface area (Å²) in [4.78, 5) is 2.37. The molecule has 20 heavy (non-hydrogen) atoms. The molecule has 1 aliphatic carbocycles. The van der Waals surface area contributed by atoms with Crippen molar-refractivity contribution in [3.63, 3.8) is 0 Å². The Hall–Kier alpha value is -1.37. The molecule has 108 valence electrons. The van der Waals surface area contributed by atoms with Gasteiger partial charge in [-0.15, -0.1) is 0 Å². The number of rotatable bonds is 6. The van der Waals surface area contributed by atoms with Gasteiger partial charge in [-0.3, -0.25) is 5.32 Å². The minimum absolute atomic E-state index is 0.604. The van der Waals surface area contributed by atoms with E-state index in [9.17, 15) is 5.26 Å². The van der Waals surface area contributed by atoms with Crippen LogP contribution in [0.3, 0.4) is 0 Å². The van der Waals surface area contributed by atoms with E-state index in [1.165, 1.54) is 25.7 Å². The molecule has 1 N–H and O–H groups in total. The lowest BCUT2D eigenvalue weighted by Gasteiger charge is -2.35. The van der Waals surface area contributed by atoms with E-state index < -0.39 is 5.54 Å². The Kier molecular flexibility index (Phi) is 5.17. The van der Waals surface area contributed by atoms with Crippen molar-refractivity contribution in [2.45, 2.75) is 44.2 Å². The van der Waals surface area contributed by atoms with E-state index in [0.717, 1.165) is 18.7 Å². The second-order valence-electron chi connectivity index (χ2n) is 5.77. The first-order valence-corrected chi connectivity index (χ1v) is 7.64. The van der Waals surface area contributed by atoms with E-state index in [1.807, 2.05) is 30.3 Å². The molecule has 0 amide bonds.